The average molecular weight is 218 g/mol. The Balaban J connectivity index is 3.70. The van der Waals surface area contributed by atoms with Gasteiger partial charge in [0.05, 0.1) is 18.8 Å². The van der Waals surface area contributed by atoms with Gasteiger partial charge in [-0.3, -0.25) is 0 Å². The molecule has 0 aliphatic rings. The van der Waals surface area contributed by atoms with Crippen molar-refractivity contribution in [2.75, 3.05) is 6.61 Å². The van der Waals surface area contributed by atoms with E-state index in [9.17, 15) is 5.11 Å². The van der Waals surface area contributed by atoms with Gasteiger partial charge in [-0.2, -0.15) is 0 Å². The summed E-state index contributed by atoms with van der Waals surface area (Å²) in [5.41, 5.74) is 0. The lowest BCUT2D eigenvalue weighted by molar-refractivity contribution is 0.0325. The van der Waals surface area contributed by atoms with E-state index in [1.54, 1.807) is 0 Å². The van der Waals surface area contributed by atoms with Crippen LogP contribution < -0.4 is 0 Å². The summed E-state index contributed by atoms with van der Waals surface area (Å²) in [7, 11) is 0. The molecule has 0 rings (SSSR count). The molecule has 0 saturated carbocycles. The smallest absolute Gasteiger partial charge is 0.0795 e. The van der Waals surface area contributed by atoms with E-state index in [4.69, 9.17) is 10.2 Å². The minimum absolute atomic E-state index is 0.267. The summed E-state index contributed by atoms with van der Waals surface area (Å²) in [6.07, 6.45) is 1.99. The average Bonchev–Trinajstić information content (AvgIpc) is 2.16. The van der Waals surface area contributed by atoms with Crippen molar-refractivity contribution >= 4 is 0 Å². The van der Waals surface area contributed by atoms with Crippen LogP contribution in [0.15, 0.2) is 0 Å². The van der Waals surface area contributed by atoms with Crippen LogP contribution in [0.4, 0.5) is 0 Å². The number of aliphatic hydroxyl groups excluding tert-OH is 3. The molecule has 15 heavy (non-hydrogen) atoms. The Kier molecular flexibility index (Phi) is 8.02. The molecule has 0 saturated heterocycles. The fourth-order valence-electron chi connectivity index (χ4n) is 1.90. The lowest BCUT2D eigenvalue weighted by Gasteiger charge is -2.20. The molecular formula is C12H26O3. The Morgan fingerprint density at radius 2 is 1.47 bits per heavy atom. The van der Waals surface area contributed by atoms with E-state index in [2.05, 4.69) is 20.8 Å². The highest BCUT2D eigenvalue weighted by molar-refractivity contribution is 4.67. The first-order valence-electron chi connectivity index (χ1n) is 5.96. The van der Waals surface area contributed by atoms with Crippen LogP contribution in [-0.4, -0.2) is 34.1 Å². The maximum atomic E-state index is 9.64. The summed E-state index contributed by atoms with van der Waals surface area (Å²) in [5, 5.41) is 27.4. The van der Waals surface area contributed by atoms with Gasteiger partial charge in [-0.25, -0.2) is 0 Å². The third-order valence-corrected chi connectivity index (χ3v) is 2.93. The molecule has 0 aliphatic heterocycles. The highest BCUT2D eigenvalue weighted by Gasteiger charge is 2.15. The minimum Gasteiger partial charge on any atom is -0.394 e. The van der Waals surface area contributed by atoms with Gasteiger partial charge in [0.2, 0.25) is 0 Å². The van der Waals surface area contributed by atoms with Crippen LogP contribution >= 0.6 is 0 Å². The van der Waals surface area contributed by atoms with Crippen molar-refractivity contribution in [3.05, 3.63) is 0 Å². The molecule has 0 spiro atoms. The topological polar surface area (TPSA) is 60.7 Å². The van der Waals surface area contributed by atoms with Gasteiger partial charge in [0.1, 0.15) is 0 Å². The second kappa shape index (κ2) is 8.08. The Labute approximate surface area is 93.1 Å². The van der Waals surface area contributed by atoms with Crippen LogP contribution in [0.1, 0.15) is 46.5 Å². The Bertz CT molecular complexity index is 134. The highest BCUT2D eigenvalue weighted by Crippen LogP contribution is 2.20. The van der Waals surface area contributed by atoms with E-state index in [0.717, 1.165) is 6.42 Å². The van der Waals surface area contributed by atoms with E-state index in [0.29, 0.717) is 18.3 Å². The molecule has 3 N–H and O–H groups in total. The minimum atomic E-state index is -0.782. The number of rotatable bonds is 8. The Morgan fingerprint density at radius 3 is 1.93 bits per heavy atom. The molecule has 0 heterocycles. The second-order valence-corrected chi connectivity index (χ2v) is 4.82. The molecule has 3 heteroatoms. The maximum absolute atomic E-state index is 9.64. The SMILES string of the molecule is CCC(C)CC(C)CC(O)CC(O)CO. The number of hydrogen-bond donors (Lipinski definition) is 3. The second-order valence-electron chi connectivity index (χ2n) is 4.82. The van der Waals surface area contributed by atoms with E-state index in [-0.39, 0.29) is 13.0 Å². The Hall–Kier alpha value is -0.120. The molecule has 0 aliphatic carbocycles. The molecule has 4 unspecified atom stereocenters. The molecule has 0 radical (unpaired) electrons. The van der Waals surface area contributed by atoms with Crippen LogP contribution in [0.2, 0.25) is 0 Å². The highest BCUT2D eigenvalue weighted by atomic mass is 16.3. The van der Waals surface area contributed by atoms with Gasteiger partial charge in [0.15, 0.2) is 0 Å². The van der Waals surface area contributed by atoms with Gasteiger partial charge in [0, 0.05) is 6.42 Å². The van der Waals surface area contributed by atoms with Crippen molar-refractivity contribution in [1.29, 1.82) is 0 Å². The van der Waals surface area contributed by atoms with Crippen LogP contribution in [0.3, 0.4) is 0 Å². The van der Waals surface area contributed by atoms with Crippen molar-refractivity contribution in [3.63, 3.8) is 0 Å². The Morgan fingerprint density at radius 1 is 0.867 bits per heavy atom. The van der Waals surface area contributed by atoms with Gasteiger partial charge in [-0.1, -0.05) is 27.2 Å². The summed E-state index contributed by atoms with van der Waals surface area (Å²) >= 11 is 0. The van der Waals surface area contributed by atoms with Crippen molar-refractivity contribution in [2.24, 2.45) is 11.8 Å². The zero-order valence-electron chi connectivity index (χ0n) is 10.2. The van der Waals surface area contributed by atoms with Gasteiger partial charge in [-0.15, -0.1) is 0 Å². The summed E-state index contributed by atoms with van der Waals surface area (Å²) in [4.78, 5) is 0. The van der Waals surface area contributed by atoms with Gasteiger partial charge >= 0.3 is 0 Å². The van der Waals surface area contributed by atoms with E-state index in [1.165, 1.54) is 6.42 Å². The van der Waals surface area contributed by atoms with Crippen LogP contribution in [0.25, 0.3) is 0 Å². The number of aliphatic hydroxyl groups is 3. The van der Waals surface area contributed by atoms with E-state index in [1.807, 2.05) is 0 Å². The van der Waals surface area contributed by atoms with E-state index < -0.39 is 12.2 Å². The first kappa shape index (κ1) is 14.9. The zero-order chi connectivity index (χ0) is 11.8. The quantitative estimate of drug-likeness (QED) is 0.579. The molecule has 92 valence electrons. The van der Waals surface area contributed by atoms with Gasteiger partial charge in [0.25, 0.3) is 0 Å². The lowest BCUT2D eigenvalue weighted by atomic mass is 9.90. The molecule has 0 fully saturated rings. The van der Waals surface area contributed by atoms with E-state index >= 15 is 0 Å². The molecular weight excluding hydrogens is 192 g/mol. The van der Waals surface area contributed by atoms with Crippen LogP contribution in [0.5, 0.6) is 0 Å². The number of hydrogen-bond acceptors (Lipinski definition) is 3. The first-order valence-corrected chi connectivity index (χ1v) is 5.96. The summed E-state index contributed by atoms with van der Waals surface area (Å²) in [6, 6.07) is 0. The largest absolute Gasteiger partial charge is 0.394 e. The monoisotopic (exact) mass is 218 g/mol. The van der Waals surface area contributed by atoms with Gasteiger partial charge < -0.3 is 15.3 Å². The predicted octanol–water partition coefficient (Wildman–Crippen LogP) is 1.55. The van der Waals surface area contributed by atoms with Crippen molar-refractivity contribution in [2.45, 2.75) is 58.7 Å². The van der Waals surface area contributed by atoms with Crippen LogP contribution in [-0.2, 0) is 0 Å². The third kappa shape index (κ3) is 7.77. The molecule has 4 atom stereocenters. The zero-order valence-corrected chi connectivity index (χ0v) is 10.2. The summed E-state index contributed by atoms with van der Waals surface area (Å²) in [5.74, 6) is 1.16. The molecule has 0 bridgehead atoms. The molecule has 0 amide bonds. The molecule has 0 aromatic heterocycles. The van der Waals surface area contributed by atoms with Crippen molar-refractivity contribution in [3.8, 4) is 0 Å². The van der Waals surface area contributed by atoms with Crippen molar-refractivity contribution < 1.29 is 15.3 Å². The third-order valence-electron chi connectivity index (χ3n) is 2.93. The van der Waals surface area contributed by atoms with Crippen molar-refractivity contribution in [1.82, 2.24) is 0 Å². The summed E-state index contributed by atoms with van der Waals surface area (Å²) < 4.78 is 0. The van der Waals surface area contributed by atoms with Crippen LogP contribution in [0, 0.1) is 11.8 Å². The standard InChI is InChI=1S/C12H26O3/c1-4-9(2)5-10(3)6-11(14)7-12(15)8-13/h9-15H,4-8H2,1-3H3. The molecule has 3 nitrogen and oxygen atoms in total. The predicted molar refractivity (Wildman–Crippen MR) is 61.6 cm³/mol. The summed E-state index contributed by atoms with van der Waals surface area (Å²) in [6.45, 7) is 6.24. The fraction of sp³-hybridized carbons (Fsp3) is 1.00. The fourth-order valence-corrected chi connectivity index (χ4v) is 1.90. The molecule has 0 aromatic rings. The first-order chi connectivity index (χ1) is 6.99. The maximum Gasteiger partial charge on any atom is 0.0795 e. The molecule has 0 aromatic carbocycles. The normalized spacial score (nSPS) is 19.6. The van der Waals surface area contributed by atoms with Gasteiger partial charge in [-0.05, 0) is 24.7 Å². The lowest BCUT2D eigenvalue weighted by Crippen LogP contribution is -2.22.